The van der Waals surface area contributed by atoms with Gasteiger partial charge in [0.05, 0.1) is 5.69 Å². The molecule has 0 radical (unpaired) electrons. The summed E-state index contributed by atoms with van der Waals surface area (Å²) in [5.41, 5.74) is 0.178. The number of anilines is 1. The molecule has 0 aliphatic carbocycles. The third kappa shape index (κ3) is 3.82. The Bertz CT molecular complexity index is 919. The van der Waals surface area contributed by atoms with Gasteiger partial charge in [-0.15, -0.1) is 13.2 Å². The number of rotatable bonds is 4. The second-order valence-corrected chi connectivity index (χ2v) is 7.53. The van der Waals surface area contributed by atoms with Crippen molar-refractivity contribution in [2.45, 2.75) is 31.7 Å². The van der Waals surface area contributed by atoms with Crippen LogP contribution in [0.3, 0.4) is 0 Å². The van der Waals surface area contributed by atoms with Gasteiger partial charge in [-0.2, -0.15) is 0 Å². The lowest BCUT2D eigenvalue weighted by Gasteiger charge is -2.30. The van der Waals surface area contributed by atoms with E-state index in [4.69, 9.17) is 0 Å². The van der Waals surface area contributed by atoms with Crippen LogP contribution < -0.4 is 15.0 Å². The summed E-state index contributed by atoms with van der Waals surface area (Å²) in [6, 6.07) is 5.27. The molecular weight excluding hydrogens is 443 g/mol. The van der Waals surface area contributed by atoms with Gasteiger partial charge in [-0.05, 0) is 51.8 Å². The summed E-state index contributed by atoms with van der Waals surface area (Å²) in [4.78, 5) is 30.3. The number of nitrogens with one attached hydrogen (secondary N) is 1. The van der Waals surface area contributed by atoms with Crippen molar-refractivity contribution in [3.63, 3.8) is 0 Å². The molecule has 1 fully saturated rings. The van der Waals surface area contributed by atoms with E-state index >= 15 is 0 Å². The number of ether oxygens (including phenoxy) is 1. The smallest absolute Gasteiger partial charge is 0.406 e. The van der Waals surface area contributed by atoms with E-state index < -0.39 is 35.5 Å². The van der Waals surface area contributed by atoms with Crippen molar-refractivity contribution < 1.29 is 27.5 Å². The third-order valence-corrected chi connectivity index (χ3v) is 5.11. The third-order valence-electron chi connectivity index (χ3n) is 4.48. The number of pyridine rings is 1. The Balaban J connectivity index is 1.90. The number of imide groups is 1. The predicted octanol–water partition coefficient (Wildman–Crippen LogP) is 4.15. The monoisotopic (exact) mass is 457 g/mol. The molecule has 1 saturated heterocycles. The summed E-state index contributed by atoms with van der Waals surface area (Å²) < 4.78 is 41.1. The summed E-state index contributed by atoms with van der Waals surface area (Å²) in [6.07, 6.45) is -1.67. The highest BCUT2D eigenvalue weighted by Gasteiger charge is 2.48. The Kier molecular flexibility index (Phi) is 5.09. The van der Waals surface area contributed by atoms with Crippen LogP contribution in [-0.4, -0.2) is 29.3 Å². The van der Waals surface area contributed by atoms with Crippen molar-refractivity contribution in [3.8, 4) is 5.75 Å². The summed E-state index contributed by atoms with van der Waals surface area (Å²) in [6.45, 7) is 3.62. The van der Waals surface area contributed by atoms with Crippen molar-refractivity contribution in [1.82, 2.24) is 10.3 Å². The second kappa shape index (κ2) is 7.08. The maximum absolute atomic E-state index is 13.0. The molecule has 1 atom stereocenters. The number of halogens is 4. The minimum absolute atomic E-state index is 0.111. The van der Waals surface area contributed by atoms with Crippen molar-refractivity contribution in [1.29, 1.82) is 0 Å². The largest absolute Gasteiger partial charge is 0.573 e. The van der Waals surface area contributed by atoms with Crippen molar-refractivity contribution >= 4 is 33.6 Å². The van der Waals surface area contributed by atoms with Crippen molar-refractivity contribution in [2.24, 2.45) is 0 Å². The number of carbonyl (C=O) groups excluding carboxylic acids is 2. The molecule has 1 N–H and O–H groups in total. The molecule has 0 bridgehead atoms. The van der Waals surface area contributed by atoms with E-state index in [1.165, 1.54) is 6.07 Å². The fourth-order valence-electron chi connectivity index (χ4n) is 3.01. The lowest BCUT2D eigenvalue weighted by atomic mass is 9.78. The zero-order chi connectivity index (χ0) is 20.7. The SMILES string of the molecule is CC(C)(c1ccncc1)C1NC(=O)N(c2ccc(OC(F)(F)F)cc2Br)C1=O. The predicted molar refractivity (Wildman–Crippen MR) is 97.9 cm³/mol. The molecule has 1 aliphatic rings. The van der Waals surface area contributed by atoms with Crippen LogP contribution in [0.15, 0.2) is 47.2 Å². The van der Waals surface area contributed by atoms with Gasteiger partial charge in [-0.1, -0.05) is 13.8 Å². The quantitative estimate of drug-likeness (QED) is 0.700. The molecule has 1 aromatic carbocycles. The highest BCUT2D eigenvalue weighted by atomic mass is 79.9. The van der Waals surface area contributed by atoms with Crippen molar-refractivity contribution in [2.75, 3.05) is 4.90 Å². The highest BCUT2D eigenvalue weighted by molar-refractivity contribution is 9.10. The normalized spacial score (nSPS) is 17.6. The first-order valence-electron chi connectivity index (χ1n) is 8.11. The van der Waals surface area contributed by atoms with Gasteiger partial charge < -0.3 is 10.1 Å². The molecule has 2 heterocycles. The Morgan fingerprint density at radius 1 is 1.14 bits per heavy atom. The van der Waals surface area contributed by atoms with Crippen LogP contribution in [0.25, 0.3) is 0 Å². The van der Waals surface area contributed by atoms with E-state index in [0.717, 1.165) is 22.6 Å². The van der Waals surface area contributed by atoms with Gasteiger partial charge in [-0.25, -0.2) is 9.69 Å². The molecule has 1 unspecified atom stereocenters. The van der Waals surface area contributed by atoms with Crippen LogP contribution in [0.2, 0.25) is 0 Å². The first-order valence-corrected chi connectivity index (χ1v) is 8.90. The summed E-state index contributed by atoms with van der Waals surface area (Å²) in [5.74, 6) is -0.985. The number of nitrogens with zero attached hydrogens (tertiary/aromatic N) is 2. The Morgan fingerprint density at radius 3 is 2.36 bits per heavy atom. The maximum atomic E-state index is 13.0. The zero-order valence-electron chi connectivity index (χ0n) is 14.7. The van der Waals surface area contributed by atoms with Crippen LogP contribution >= 0.6 is 15.9 Å². The molecule has 0 saturated carbocycles. The van der Waals surface area contributed by atoms with E-state index in [-0.39, 0.29) is 10.2 Å². The number of benzene rings is 1. The lowest BCUT2D eigenvalue weighted by molar-refractivity contribution is -0.274. The van der Waals surface area contributed by atoms with Gasteiger partial charge in [0.25, 0.3) is 5.91 Å². The molecule has 10 heteroatoms. The summed E-state index contributed by atoms with van der Waals surface area (Å²) >= 11 is 3.11. The average molecular weight is 458 g/mol. The average Bonchev–Trinajstić information content (AvgIpc) is 2.90. The van der Waals surface area contributed by atoms with Crippen LogP contribution in [0.5, 0.6) is 5.75 Å². The van der Waals surface area contributed by atoms with Crippen LogP contribution in [0.4, 0.5) is 23.7 Å². The van der Waals surface area contributed by atoms with Gasteiger partial charge in [0.1, 0.15) is 11.8 Å². The van der Waals surface area contributed by atoms with Crippen LogP contribution in [0, 0.1) is 0 Å². The number of amides is 3. The summed E-state index contributed by atoms with van der Waals surface area (Å²) in [7, 11) is 0. The first-order chi connectivity index (χ1) is 13.0. The standard InChI is InChI=1S/C18H15BrF3N3O3/c1-17(2,10-5-7-23-8-6-10)14-15(26)25(16(27)24-14)13-4-3-11(9-12(13)19)28-18(20,21)22/h3-9,14H,1-2H3,(H,24,27). The number of alkyl halides is 3. The van der Waals surface area contributed by atoms with Gasteiger partial charge in [0.2, 0.25) is 0 Å². The molecular formula is C18H15BrF3N3O3. The van der Waals surface area contributed by atoms with Crippen LogP contribution in [0.1, 0.15) is 19.4 Å². The molecule has 28 heavy (non-hydrogen) atoms. The van der Waals surface area contributed by atoms with E-state index in [1.807, 2.05) is 13.8 Å². The van der Waals surface area contributed by atoms with Gasteiger partial charge in [-0.3, -0.25) is 9.78 Å². The van der Waals surface area contributed by atoms with Crippen LogP contribution in [-0.2, 0) is 10.2 Å². The van der Waals surface area contributed by atoms with E-state index in [9.17, 15) is 22.8 Å². The minimum Gasteiger partial charge on any atom is -0.406 e. The van der Waals surface area contributed by atoms with Gasteiger partial charge >= 0.3 is 12.4 Å². The topological polar surface area (TPSA) is 71.5 Å². The zero-order valence-corrected chi connectivity index (χ0v) is 16.3. The summed E-state index contributed by atoms with van der Waals surface area (Å²) in [5, 5.41) is 2.66. The second-order valence-electron chi connectivity index (χ2n) is 6.67. The fourth-order valence-corrected chi connectivity index (χ4v) is 3.55. The molecule has 3 rings (SSSR count). The molecule has 1 aliphatic heterocycles. The number of hydrogen-bond donors (Lipinski definition) is 1. The Hall–Kier alpha value is -2.62. The number of carbonyl (C=O) groups is 2. The Labute approximate surface area is 166 Å². The first kappa shape index (κ1) is 20.1. The van der Waals surface area contributed by atoms with Gasteiger partial charge in [0.15, 0.2) is 0 Å². The van der Waals surface area contributed by atoms with Gasteiger partial charge in [0, 0.05) is 22.3 Å². The number of hydrogen-bond acceptors (Lipinski definition) is 4. The van der Waals surface area contributed by atoms with E-state index in [0.29, 0.717) is 0 Å². The molecule has 3 amide bonds. The molecule has 1 aromatic heterocycles. The highest BCUT2D eigenvalue weighted by Crippen LogP contribution is 2.37. The number of aromatic nitrogens is 1. The minimum atomic E-state index is -4.85. The molecule has 2 aromatic rings. The lowest BCUT2D eigenvalue weighted by Crippen LogP contribution is -2.46. The molecule has 148 valence electrons. The molecule has 0 spiro atoms. The maximum Gasteiger partial charge on any atom is 0.573 e. The fraction of sp³-hybridized carbons (Fsp3) is 0.278. The number of urea groups is 1. The van der Waals surface area contributed by atoms with E-state index in [1.54, 1.807) is 24.5 Å². The Morgan fingerprint density at radius 2 is 1.79 bits per heavy atom. The van der Waals surface area contributed by atoms with Crippen molar-refractivity contribution in [3.05, 3.63) is 52.8 Å². The molecule has 6 nitrogen and oxygen atoms in total. The van der Waals surface area contributed by atoms with E-state index in [2.05, 4.69) is 31.0 Å².